The molecule has 0 aliphatic carbocycles. The first-order valence-corrected chi connectivity index (χ1v) is 6.34. The monoisotopic (exact) mass is 265 g/mol. The van der Waals surface area contributed by atoms with Crippen molar-refractivity contribution >= 4 is 28.9 Å². The van der Waals surface area contributed by atoms with Crippen LogP contribution in [0.25, 0.3) is 0 Å². The van der Waals surface area contributed by atoms with Gasteiger partial charge in [0.05, 0.1) is 4.99 Å². The molecular weight excluding hydrogens is 246 g/mol. The highest BCUT2D eigenvalue weighted by atomic mass is 32.1. The predicted molar refractivity (Wildman–Crippen MR) is 78.8 cm³/mol. The maximum Gasteiger partial charge on any atom is 0.319 e. The number of benzene rings is 1. The van der Waals surface area contributed by atoms with Gasteiger partial charge in [-0.1, -0.05) is 36.8 Å². The lowest BCUT2D eigenvalue weighted by Gasteiger charge is -2.16. The van der Waals surface area contributed by atoms with Gasteiger partial charge in [-0.3, -0.25) is 0 Å². The van der Waals surface area contributed by atoms with Crippen LogP contribution in [-0.2, 0) is 0 Å². The van der Waals surface area contributed by atoms with Crippen molar-refractivity contribution in [2.45, 2.75) is 32.7 Å². The van der Waals surface area contributed by atoms with E-state index in [-0.39, 0.29) is 12.1 Å². The number of aryl methyl sites for hydroxylation is 1. The molecule has 0 bridgehead atoms. The fourth-order valence-electron chi connectivity index (χ4n) is 1.53. The number of thiocarbonyl (C=S) groups is 1. The molecule has 0 spiro atoms. The maximum atomic E-state index is 11.7. The third-order valence-electron chi connectivity index (χ3n) is 2.59. The fourth-order valence-corrected chi connectivity index (χ4v) is 1.73. The van der Waals surface area contributed by atoms with Crippen molar-refractivity contribution in [1.29, 1.82) is 0 Å². The Bertz CT molecular complexity index is 417. The molecule has 5 heteroatoms. The van der Waals surface area contributed by atoms with E-state index >= 15 is 0 Å². The number of nitrogens with one attached hydrogen (secondary N) is 2. The molecule has 0 aromatic heterocycles. The number of urea groups is 1. The minimum Gasteiger partial charge on any atom is -0.393 e. The largest absolute Gasteiger partial charge is 0.393 e. The van der Waals surface area contributed by atoms with Crippen molar-refractivity contribution in [3.8, 4) is 0 Å². The van der Waals surface area contributed by atoms with E-state index in [0.29, 0.717) is 11.4 Å². The van der Waals surface area contributed by atoms with Crippen molar-refractivity contribution in [3.05, 3.63) is 29.8 Å². The van der Waals surface area contributed by atoms with Crippen molar-refractivity contribution in [3.63, 3.8) is 0 Å². The topological polar surface area (TPSA) is 67.1 Å². The molecule has 1 atom stereocenters. The summed E-state index contributed by atoms with van der Waals surface area (Å²) >= 11 is 4.84. The van der Waals surface area contributed by atoms with E-state index in [0.717, 1.165) is 17.7 Å². The molecule has 4 nitrogen and oxygen atoms in total. The maximum absolute atomic E-state index is 11.7. The number of hydrogen-bond acceptors (Lipinski definition) is 2. The molecule has 18 heavy (non-hydrogen) atoms. The number of nitrogens with two attached hydrogens (primary N) is 1. The summed E-state index contributed by atoms with van der Waals surface area (Å²) < 4.78 is 0. The number of anilines is 1. The molecule has 4 N–H and O–H groups in total. The molecule has 2 amide bonds. The Morgan fingerprint density at radius 2 is 2.00 bits per heavy atom. The number of rotatable bonds is 5. The molecule has 98 valence electrons. The summed E-state index contributed by atoms with van der Waals surface area (Å²) in [5, 5.41) is 5.62. The third-order valence-corrected chi connectivity index (χ3v) is 2.75. The lowest BCUT2D eigenvalue weighted by atomic mass is 10.1. The average molecular weight is 265 g/mol. The van der Waals surface area contributed by atoms with E-state index in [1.54, 1.807) is 0 Å². The van der Waals surface area contributed by atoms with Gasteiger partial charge in [-0.25, -0.2) is 4.79 Å². The van der Waals surface area contributed by atoms with Gasteiger partial charge in [0.2, 0.25) is 0 Å². The summed E-state index contributed by atoms with van der Waals surface area (Å²) in [6.45, 7) is 3.98. The lowest BCUT2D eigenvalue weighted by molar-refractivity contribution is 0.248. The molecule has 0 aliphatic rings. The van der Waals surface area contributed by atoms with Gasteiger partial charge in [0.25, 0.3) is 0 Å². The van der Waals surface area contributed by atoms with E-state index < -0.39 is 0 Å². The quantitative estimate of drug-likeness (QED) is 0.717. The van der Waals surface area contributed by atoms with E-state index in [9.17, 15) is 4.79 Å². The summed E-state index contributed by atoms with van der Waals surface area (Å²) in [6.07, 6.45) is 1.31. The van der Waals surface area contributed by atoms with Crippen LogP contribution in [0.2, 0.25) is 0 Å². The van der Waals surface area contributed by atoms with Gasteiger partial charge in [-0.2, -0.15) is 0 Å². The molecule has 1 aromatic carbocycles. The lowest BCUT2D eigenvalue weighted by Crippen LogP contribution is -2.39. The van der Waals surface area contributed by atoms with Gasteiger partial charge in [0.15, 0.2) is 0 Å². The van der Waals surface area contributed by atoms with Crippen LogP contribution in [0.5, 0.6) is 0 Å². The van der Waals surface area contributed by atoms with Crippen LogP contribution >= 0.6 is 12.2 Å². The molecule has 1 aromatic rings. The number of amides is 2. The molecule has 0 saturated heterocycles. The van der Waals surface area contributed by atoms with Crippen molar-refractivity contribution < 1.29 is 4.79 Å². The Kier molecular flexibility index (Phi) is 5.58. The van der Waals surface area contributed by atoms with E-state index in [2.05, 4.69) is 10.6 Å². The molecule has 1 rings (SSSR count). The molecule has 0 aliphatic heterocycles. The zero-order valence-corrected chi connectivity index (χ0v) is 11.5. The summed E-state index contributed by atoms with van der Waals surface area (Å²) in [4.78, 5) is 12.2. The third kappa shape index (κ3) is 5.14. The van der Waals surface area contributed by atoms with Crippen molar-refractivity contribution in [1.82, 2.24) is 5.32 Å². The smallest absolute Gasteiger partial charge is 0.319 e. The van der Waals surface area contributed by atoms with Crippen LogP contribution in [0.4, 0.5) is 10.5 Å². The second kappa shape index (κ2) is 6.96. The summed E-state index contributed by atoms with van der Waals surface area (Å²) in [7, 11) is 0. The highest BCUT2D eigenvalue weighted by Gasteiger charge is 2.11. The van der Waals surface area contributed by atoms with Gasteiger partial charge in [0, 0.05) is 18.2 Å². The van der Waals surface area contributed by atoms with Gasteiger partial charge in [-0.15, -0.1) is 0 Å². The Labute approximate surface area is 113 Å². The summed E-state index contributed by atoms with van der Waals surface area (Å²) in [5.74, 6) is 0. The number of carbonyl (C=O) groups excluding carboxylic acids is 1. The Morgan fingerprint density at radius 1 is 1.39 bits per heavy atom. The molecule has 0 fully saturated rings. The minimum atomic E-state index is -0.234. The SMILES string of the molecule is CCC(CC(N)=S)NC(=O)Nc1ccc(C)cc1. The van der Waals surface area contributed by atoms with Crippen LogP contribution in [0.3, 0.4) is 0 Å². The second-order valence-corrected chi connectivity index (χ2v) is 4.76. The predicted octanol–water partition coefficient (Wildman–Crippen LogP) is 2.57. The molecule has 1 unspecified atom stereocenters. The van der Waals surface area contributed by atoms with Crippen molar-refractivity contribution in [2.24, 2.45) is 5.73 Å². The first-order valence-electron chi connectivity index (χ1n) is 5.93. The zero-order valence-electron chi connectivity index (χ0n) is 10.7. The van der Waals surface area contributed by atoms with Crippen LogP contribution < -0.4 is 16.4 Å². The van der Waals surface area contributed by atoms with E-state index in [1.807, 2.05) is 38.1 Å². The molecular formula is C13H19N3OS. The fraction of sp³-hybridized carbons (Fsp3) is 0.385. The van der Waals surface area contributed by atoms with Crippen LogP contribution in [0.15, 0.2) is 24.3 Å². The van der Waals surface area contributed by atoms with Gasteiger partial charge in [0.1, 0.15) is 0 Å². The Balaban J connectivity index is 2.49. The highest BCUT2D eigenvalue weighted by Crippen LogP contribution is 2.08. The van der Waals surface area contributed by atoms with E-state index in [1.165, 1.54) is 0 Å². The van der Waals surface area contributed by atoms with Gasteiger partial charge in [-0.05, 0) is 25.5 Å². The molecule has 0 heterocycles. The Hall–Kier alpha value is -1.62. The van der Waals surface area contributed by atoms with Crippen molar-refractivity contribution in [2.75, 3.05) is 5.32 Å². The van der Waals surface area contributed by atoms with Gasteiger partial charge < -0.3 is 16.4 Å². The number of carbonyl (C=O) groups is 1. The first-order chi connectivity index (χ1) is 8.51. The number of hydrogen-bond donors (Lipinski definition) is 3. The average Bonchev–Trinajstić information content (AvgIpc) is 2.30. The van der Waals surface area contributed by atoms with E-state index in [4.69, 9.17) is 18.0 Å². The zero-order chi connectivity index (χ0) is 13.5. The Morgan fingerprint density at radius 3 is 2.50 bits per heavy atom. The van der Waals surface area contributed by atoms with Gasteiger partial charge >= 0.3 is 6.03 Å². The summed E-state index contributed by atoms with van der Waals surface area (Å²) in [6, 6.07) is 7.37. The highest BCUT2D eigenvalue weighted by molar-refractivity contribution is 7.80. The minimum absolute atomic E-state index is 0.0204. The van der Waals surface area contributed by atoms with Crippen LogP contribution in [0, 0.1) is 6.92 Å². The van der Waals surface area contributed by atoms with Crippen LogP contribution in [-0.4, -0.2) is 17.1 Å². The molecule has 0 radical (unpaired) electrons. The normalized spacial score (nSPS) is 11.7. The molecule has 0 saturated carbocycles. The summed E-state index contributed by atoms with van der Waals surface area (Å²) in [5.41, 5.74) is 7.39. The van der Waals surface area contributed by atoms with Crippen LogP contribution in [0.1, 0.15) is 25.3 Å². The second-order valence-electron chi connectivity index (χ2n) is 4.24. The standard InChI is InChI=1S/C13H19N3OS/c1-3-10(8-12(14)18)15-13(17)16-11-6-4-9(2)5-7-11/h4-7,10H,3,8H2,1-2H3,(H2,14,18)(H2,15,16,17). The first kappa shape index (κ1) is 14.4.